The number of nitrogens with one attached hydrogen (secondary N) is 1. The van der Waals surface area contributed by atoms with E-state index >= 15 is 0 Å². The van der Waals surface area contributed by atoms with Gasteiger partial charge in [0.05, 0.1) is 13.7 Å². The van der Waals surface area contributed by atoms with Gasteiger partial charge in [0, 0.05) is 6.42 Å². The fraction of sp³-hybridized carbons (Fsp3) is 0.467. The molecule has 1 rings (SSSR count). The molecular weight excluding hydrogens is 331 g/mol. The fourth-order valence-electron chi connectivity index (χ4n) is 1.55. The maximum Gasteiger partial charge on any atom is 0.405 e. The average Bonchev–Trinajstić information content (AvgIpc) is 2.55. The monoisotopic (exact) mass is 349 g/mol. The number of rotatable bonds is 9. The van der Waals surface area contributed by atoms with Crippen LogP contribution in [0.1, 0.15) is 12.8 Å². The number of halogens is 3. The highest BCUT2D eigenvalue weighted by molar-refractivity contribution is 5.80. The molecule has 0 saturated carbocycles. The first-order valence-electron chi connectivity index (χ1n) is 7.06. The lowest BCUT2D eigenvalue weighted by Crippen LogP contribution is -2.36. The molecule has 1 N–H and O–H groups in total. The quantitative estimate of drug-likeness (QED) is 0.546. The van der Waals surface area contributed by atoms with E-state index in [0.717, 1.165) is 0 Å². The van der Waals surface area contributed by atoms with Crippen LogP contribution in [0.15, 0.2) is 24.3 Å². The van der Waals surface area contributed by atoms with Crippen molar-refractivity contribution in [3.8, 4) is 11.5 Å². The van der Waals surface area contributed by atoms with Crippen LogP contribution in [-0.4, -0.2) is 44.9 Å². The minimum Gasteiger partial charge on any atom is -0.497 e. The predicted octanol–water partition coefficient (Wildman–Crippen LogP) is 2.08. The molecule has 0 heterocycles. The van der Waals surface area contributed by atoms with Gasteiger partial charge >= 0.3 is 12.1 Å². The molecule has 0 aliphatic rings. The third-order valence-electron chi connectivity index (χ3n) is 2.70. The van der Waals surface area contributed by atoms with Crippen molar-refractivity contribution in [2.24, 2.45) is 0 Å². The molecule has 0 unspecified atom stereocenters. The first kappa shape index (κ1) is 19.6. The zero-order valence-electron chi connectivity index (χ0n) is 13.0. The third kappa shape index (κ3) is 8.86. The van der Waals surface area contributed by atoms with Crippen molar-refractivity contribution in [3.05, 3.63) is 24.3 Å². The van der Waals surface area contributed by atoms with Crippen molar-refractivity contribution in [2.75, 3.05) is 26.9 Å². The Morgan fingerprint density at radius 1 is 1.12 bits per heavy atom. The largest absolute Gasteiger partial charge is 0.497 e. The van der Waals surface area contributed by atoms with Crippen LogP contribution in [0.2, 0.25) is 0 Å². The van der Waals surface area contributed by atoms with Crippen LogP contribution >= 0.6 is 0 Å². The highest BCUT2D eigenvalue weighted by Gasteiger charge is 2.27. The van der Waals surface area contributed by atoms with E-state index in [0.29, 0.717) is 17.9 Å². The van der Waals surface area contributed by atoms with Crippen LogP contribution in [0.25, 0.3) is 0 Å². The van der Waals surface area contributed by atoms with Crippen LogP contribution < -0.4 is 14.8 Å². The standard InChI is InChI=1S/C15H18F3NO5/c1-22-11-4-6-12(7-5-11)23-8-2-3-14(21)24-9-13(20)19-10-15(16,17)18/h4-7H,2-3,8-10H2,1H3,(H,19,20). The molecule has 0 spiro atoms. The molecule has 1 aromatic carbocycles. The minimum absolute atomic E-state index is 0.0112. The Hall–Kier alpha value is -2.45. The van der Waals surface area contributed by atoms with Crippen molar-refractivity contribution in [2.45, 2.75) is 19.0 Å². The molecule has 6 nitrogen and oxygen atoms in total. The lowest BCUT2D eigenvalue weighted by Gasteiger charge is -2.09. The Balaban J connectivity index is 2.12. The number of amides is 1. The summed E-state index contributed by atoms with van der Waals surface area (Å²) in [4.78, 5) is 22.4. The van der Waals surface area contributed by atoms with Crippen molar-refractivity contribution < 1.29 is 37.0 Å². The van der Waals surface area contributed by atoms with Gasteiger partial charge in [-0.05, 0) is 30.7 Å². The molecule has 0 bridgehead atoms. The van der Waals surface area contributed by atoms with E-state index < -0.39 is 31.2 Å². The average molecular weight is 349 g/mol. The minimum atomic E-state index is -4.50. The molecule has 0 radical (unpaired) electrons. The highest BCUT2D eigenvalue weighted by atomic mass is 19.4. The zero-order valence-corrected chi connectivity index (χ0v) is 13.0. The number of carbonyl (C=O) groups is 2. The first-order chi connectivity index (χ1) is 11.3. The van der Waals surface area contributed by atoms with E-state index in [4.69, 9.17) is 9.47 Å². The number of carbonyl (C=O) groups excluding carboxylic acids is 2. The Labute approximate surface area is 136 Å². The van der Waals surface area contributed by atoms with Crippen LogP contribution in [0.5, 0.6) is 11.5 Å². The SMILES string of the molecule is COc1ccc(OCCCC(=O)OCC(=O)NCC(F)(F)F)cc1. The van der Waals surface area contributed by atoms with Crippen molar-refractivity contribution >= 4 is 11.9 Å². The van der Waals surface area contributed by atoms with Gasteiger partial charge in [-0.1, -0.05) is 0 Å². The normalized spacial score (nSPS) is 10.8. The third-order valence-corrected chi connectivity index (χ3v) is 2.70. The summed E-state index contributed by atoms with van der Waals surface area (Å²) in [6.07, 6.45) is -4.17. The number of esters is 1. The number of alkyl halides is 3. The summed E-state index contributed by atoms with van der Waals surface area (Å²) in [5.74, 6) is -0.393. The lowest BCUT2D eigenvalue weighted by molar-refractivity contribution is -0.151. The van der Waals surface area contributed by atoms with Crippen LogP contribution in [0, 0.1) is 0 Å². The van der Waals surface area contributed by atoms with Crippen molar-refractivity contribution in [3.63, 3.8) is 0 Å². The van der Waals surface area contributed by atoms with Gasteiger partial charge in [-0.25, -0.2) is 0 Å². The van der Waals surface area contributed by atoms with Gasteiger partial charge in [0.25, 0.3) is 5.91 Å². The fourth-order valence-corrected chi connectivity index (χ4v) is 1.55. The maximum absolute atomic E-state index is 11.9. The van der Waals surface area contributed by atoms with E-state index in [1.54, 1.807) is 36.7 Å². The molecule has 0 atom stereocenters. The topological polar surface area (TPSA) is 73.9 Å². The molecule has 0 saturated heterocycles. The van der Waals surface area contributed by atoms with Crippen LogP contribution in [0.3, 0.4) is 0 Å². The molecule has 1 aromatic rings. The number of ether oxygens (including phenoxy) is 3. The molecule has 0 fully saturated rings. The van der Waals surface area contributed by atoms with Gasteiger partial charge in [-0.3, -0.25) is 9.59 Å². The van der Waals surface area contributed by atoms with Crippen LogP contribution in [-0.2, 0) is 14.3 Å². The summed E-state index contributed by atoms with van der Waals surface area (Å²) in [7, 11) is 1.55. The summed E-state index contributed by atoms with van der Waals surface area (Å²) in [5.41, 5.74) is 0. The van der Waals surface area contributed by atoms with Gasteiger partial charge in [0.2, 0.25) is 0 Å². The summed E-state index contributed by atoms with van der Waals surface area (Å²) in [5, 5.41) is 1.60. The maximum atomic E-state index is 11.9. The second kappa shape index (κ2) is 9.64. The van der Waals surface area contributed by atoms with Crippen LogP contribution in [0.4, 0.5) is 13.2 Å². The lowest BCUT2D eigenvalue weighted by atomic mass is 10.3. The number of hydrogen-bond donors (Lipinski definition) is 1. The Kier molecular flexibility index (Phi) is 7.87. The molecule has 0 aliphatic carbocycles. The van der Waals surface area contributed by atoms with Gasteiger partial charge in [-0.2, -0.15) is 13.2 Å². The second-order valence-corrected chi connectivity index (χ2v) is 4.68. The van der Waals surface area contributed by atoms with Gasteiger partial charge in [0.1, 0.15) is 18.0 Å². The molecule has 1 amide bonds. The Bertz CT molecular complexity index is 531. The molecule has 9 heteroatoms. The summed E-state index contributed by atoms with van der Waals surface area (Å²) < 4.78 is 50.5. The molecule has 0 aromatic heterocycles. The predicted molar refractivity (Wildman–Crippen MR) is 77.7 cm³/mol. The number of hydrogen-bond acceptors (Lipinski definition) is 5. The van der Waals surface area contributed by atoms with E-state index in [2.05, 4.69) is 4.74 Å². The van der Waals surface area contributed by atoms with E-state index in [9.17, 15) is 22.8 Å². The summed E-state index contributed by atoms with van der Waals surface area (Å²) in [6.45, 7) is -1.95. The molecule has 134 valence electrons. The smallest absolute Gasteiger partial charge is 0.405 e. The first-order valence-corrected chi connectivity index (χ1v) is 7.06. The van der Waals surface area contributed by atoms with E-state index in [1.807, 2.05) is 0 Å². The number of methoxy groups -OCH3 is 1. The van der Waals surface area contributed by atoms with E-state index in [1.165, 1.54) is 0 Å². The Morgan fingerprint density at radius 2 is 1.75 bits per heavy atom. The molecule has 24 heavy (non-hydrogen) atoms. The summed E-state index contributed by atoms with van der Waals surface area (Å²) in [6, 6.07) is 6.87. The molecular formula is C15H18F3NO5. The molecule has 0 aliphatic heterocycles. The van der Waals surface area contributed by atoms with Crippen molar-refractivity contribution in [1.29, 1.82) is 0 Å². The zero-order chi connectivity index (χ0) is 18.0. The van der Waals surface area contributed by atoms with Gasteiger partial charge in [0.15, 0.2) is 6.61 Å². The van der Waals surface area contributed by atoms with E-state index in [-0.39, 0.29) is 13.0 Å². The highest BCUT2D eigenvalue weighted by Crippen LogP contribution is 2.17. The Morgan fingerprint density at radius 3 is 2.33 bits per heavy atom. The second-order valence-electron chi connectivity index (χ2n) is 4.68. The van der Waals surface area contributed by atoms with Gasteiger partial charge < -0.3 is 19.5 Å². The van der Waals surface area contributed by atoms with Gasteiger partial charge in [-0.15, -0.1) is 0 Å². The number of benzene rings is 1. The summed E-state index contributed by atoms with van der Waals surface area (Å²) >= 11 is 0. The van der Waals surface area contributed by atoms with Crippen molar-refractivity contribution in [1.82, 2.24) is 5.32 Å².